The average molecular weight is 232 g/mol. The second-order valence-corrected chi connectivity index (χ2v) is 2.86. The van der Waals surface area contributed by atoms with Crippen LogP contribution in [0.25, 0.3) is 5.03 Å². The van der Waals surface area contributed by atoms with Crippen LogP contribution in [0.3, 0.4) is 0 Å². The van der Waals surface area contributed by atoms with Crippen molar-refractivity contribution >= 4 is 32.6 Å². The fourth-order valence-corrected chi connectivity index (χ4v) is 1.36. The third-order valence-electron chi connectivity index (χ3n) is 1.07. The van der Waals surface area contributed by atoms with Gasteiger partial charge >= 0.3 is 0 Å². The minimum Gasteiger partial charge on any atom is -0.457 e. The summed E-state index contributed by atoms with van der Waals surface area (Å²) < 4.78 is 5.45. The van der Waals surface area contributed by atoms with E-state index in [0.717, 1.165) is 0 Å². The molecule has 0 atom stereocenters. The molecule has 0 fully saturated rings. The molecular weight excluding hydrogens is 229 g/mol. The zero-order valence-corrected chi connectivity index (χ0v) is 7.69. The Hall–Kier alpha value is -0.720. The van der Waals surface area contributed by atoms with Crippen LogP contribution in [0, 0.1) is 11.3 Å². The molecule has 4 heteroatoms. The molecule has 11 heavy (non-hydrogen) atoms. The fourth-order valence-electron chi connectivity index (χ4n) is 0.599. The lowest BCUT2D eigenvalue weighted by molar-refractivity contribution is 0.540. The number of halogens is 2. The minimum absolute atomic E-state index is 0.369. The van der Waals surface area contributed by atoms with Crippen LogP contribution in [0.2, 0.25) is 0 Å². The van der Waals surface area contributed by atoms with E-state index in [1.54, 1.807) is 6.07 Å². The first-order valence-corrected chi connectivity index (χ1v) is 3.91. The number of furan rings is 1. The zero-order valence-electron chi connectivity index (χ0n) is 5.34. The molecular formula is C7H3BrClNO. The number of allylic oxidation sites excluding steroid dienone is 1. The van der Waals surface area contributed by atoms with E-state index >= 15 is 0 Å². The summed E-state index contributed by atoms with van der Waals surface area (Å²) in [7, 11) is 0. The molecule has 56 valence electrons. The first-order valence-electron chi connectivity index (χ1n) is 2.74. The summed E-state index contributed by atoms with van der Waals surface area (Å²) in [4.78, 5) is 0. The van der Waals surface area contributed by atoms with Crippen LogP contribution < -0.4 is 0 Å². The normalized spacial score (nSPS) is 11.2. The van der Waals surface area contributed by atoms with Crippen molar-refractivity contribution in [2.24, 2.45) is 0 Å². The number of rotatable bonds is 1. The van der Waals surface area contributed by atoms with E-state index in [1.807, 2.05) is 6.07 Å². The molecule has 0 aliphatic carbocycles. The van der Waals surface area contributed by atoms with E-state index < -0.39 is 0 Å². The maximum Gasteiger partial charge on any atom is 0.177 e. The molecule has 1 heterocycles. The second-order valence-electron chi connectivity index (χ2n) is 1.73. The Morgan fingerprint density at radius 3 is 3.00 bits per heavy atom. The molecule has 0 aliphatic heterocycles. The predicted molar refractivity (Wildman–Crippen MR) is 45.9 cm³/mol. The highest BCUT2D eigenvalue weighted by Crippen LogP contribution is 2.27. The highest BCUT2D eigenvalue weighted by atomic mass is 79.9. The van der Waals surface area contributed by atoms with Gasteiger partial charge in [-0.3, -0.25) is 0 Å². The Kier molecular flexibility index (Phi) is 2.75. The molecule has 0 aromatic carbocycles. The Labute approximate surface area is 77.2 Å². The highest BCUT2D eigenvalue weighted by Gasteiger charge is 2.05. The lowest BCUT2D eigenvalue weighted by Crippen LogP contribution is -1.70. The van der Waals surface area contributed by atoms with Crippen molar-refractivity contribution in [2.45, 2.75) is 0 Å². The molecule has 0 saturated carbocycles. The van der Waals surface area contributed by atoms with Crippen molar-refractivity contribution in [3.63, 3.8) is 0 Å². The van der Waals surface area contributed by atoms with Crippen molar-refractivity contribution in [1.82, 2.24) is 0 Å². The van der Waals surface area contributed by atoms with Gasteiger partial charge in [-0.05, 0) is 22.0 Å². The number of hydrogen-bond acceptors (Lipinski definition) is 2. The summed E-state index contributed by atoms with van der Waals surface area (Å²) in [5.74, 6) is 0. The molecule has 1 aromatic rings. The van der Waals surface area contributed by atoms with Crippen LogP contribution in [-0.2, 0) is 0 Å². The van der Waals surface area contributed by atoms with E-state index in [9.17, 15) is 0 Å². The predicted octanol–water partition coefficient (Wildman–Crippen LogP) is 3.15. The number of nitriles is 1. The Bertz CT molecular complexity index is 323. The van der Waals surface area contributed by atoms with Crippen LogP contribution in [-0.4, -0.2) is 0 Å². The smallest absolute Gasteiger partial charge is 0.177 e. The highest BCUT2D eigenvalue weighted by molar-refractivity contribution is 9.10. The SMILES string of the molecule is N#C/C=C(/Cl)c1ccoc1Br. The zero-order chi connectivity index (χ0) is 8.27. The van der Waals surface area contributed by atoms with Crippen molar-refractivity contribution in [2.75, 3.05) is 0 Å². The molecule has 2 nitrogen and oxygen atoms in total. The van der Waals surface area contributed by atoms with Gasteiger partial charge in [0.2, 0.25) is 0 Å². The van der Waals surface area contributed by atoms with Crippen molar-refractivity contribution in [3.8, 4) is 6.07 Å². The third kappa shape index (κ3) is 1.86. The molecule has 0 amide bonds. The Morgan fingerprint density at radius 2 is 2.55 bits per heavy atom. The first-order chi connectivity index (χ1) is 5.25. The van der Waals surface area contributed by atoms with Gasteiger partial charge in [0.1, 0.15) is 0 Å². The van der Waals surface area contributed by atoms with Gasteiger partial charge < -0.3 is 4.42 Å². The summed E-state index contributed by atoms with van der Waals surface area (Å²) >= 11 is 8.84. The molecule has 1 aromatic heterocycles. The Balaban J connectivity index is 3.04. The van der Waals surface area contributed by atoms with Gasteiger partial charge in [-0.25, -0.2) is 0 Å². The first kappa shape index (κ1) is 8.38. The van der Waals surface area contributed by atoms with Crippen LogP contribution in [0.15, 0.2) is 27.5 Å². The molecule has 1 rings (SSSR count). The van der Waals surface area contributed by atoms with Crippen LogP contribution in [0.5, 0.6) is 0 Å². The molecule has 0 unspecified atom stereocenters. The van der Waals surface area contributed by atoms with Crippen molar-refractivity contribution in [1.29, 1.82) is 5.26 Å². The largest absolute Gasteiger partial charge is 0.457 e. The molecule has 0 saturated heterocycles. The maximum atomic E-state index is 8.27. The van der Waals surface area contributed by atoms with Crippen LogP contribution >= 0.6 is 27.5 Å². The van der Waals surface area contributed by atoms with Gasteiger partial charge in [0, 0.05) is 11.6 Å². The maximum absolute atomic E-state index is 8.27. The topological polar surface area (TPSA) is 36.9 Å². The molecule has 0 radical (unpaired) electrons. The van der Waals surface area contributed by atoms with E-state index in [4.69, 9.17) is 21.3 Å². The molecule has 0 aliphatic rings. The van der Waals surface area contributed by atoms with Gasteiger partial charge in [-0.2, -0.15) is 5.26 Å². The van der Waals surface area contributed by atoms with Gasteiger partial charge in [-0.15, -0.1) is 0 Å². The number of nitrogens with zero attached hydrogens (tertiary/aromatic N) is 1. The van der Waals surface area contributed by atoms with Gasteiger partial charge in [0.15, 0.2) is 4.67 Å². The number of hydrogen-bond donors (Lipinski definition) is 0. The fraction of sp³-hybridized carbons (Fsp3) is 0. The van der Waals surface area contributed by atoms with E-state index in [2.05, 4.69) is 15.9 Å². The monoisotopic (exact) mass is 231 g/mol. The second kappa shape index (κ2) is 3.61. The summed E-state index contributed by atoms with van der Waals surface area (Å²) in [5, 5.41) is 8.64. The minimum atomic E-state index is 0.369. The van der Waals surface area contributed by atoms with E-state index in [0.29, 0.717) is 15.3 Å². The van der Waals surface area contributed by atoms with Crippen LogP contribution in [0.1, 0.15) is 5.56 Å². The van der Waals surface area contributed by atoms with Gasteiger partial charge in [-0.1, -0.05) is 11.6 Å². The third-order valence-corrected chi connectivity index (χ3v) is 1.99. The average Bonchev–Trinajstić information content (AvgIpc) is 2.36. The summed E-state index contributed by atoms with van der Waals surface area (Å²) in [6.07, 6.45) is 2.74. The van der Waals surface area contributed by atoms with Crippen LogP contribution in [0.4, 0.5) is 0 Å². The van der Waals surface area contributed by atoms with Crippen molar-refractivity contribution < 1.29 is 4.42 Å². The molecule has 0 N–H and O–H groups in total. The summed E-state index contributed by atoms with van der Waals surface area (Å²) in [5.41, 5.74) is 0.688. The molecule has 0 bridgehead atoms. The summed E-state index contributed by atoms with van der Waals surface area (Å²) in [6, 6.07) is 3.51. The Morgan fingerprint density at radius 1 is 1.82 bits per heavy atom. The van der Waals surface area contributed by atoms with Gasteiger partial charge in [0.25, 0.3) is 0 Å². The van der Waals surface area contributed by atoms with Crippen molar-refractivity contribution in [3.05, 3.63) is 28.6 Å². The lowest BCUT2D eigenvalue weighted by Gasteiger charge is -1.89. The van der Waals surface area contributed by atoms with E-state index in [-0.39, 0.29) is 0 Å². The quantitative estimate of drug-likeness (QED) is 0.698. The van der Waals surface area contributed by atoms with Gasteiger partial charge in [0.05, 0.1) is 17.4 Å². The standard InChI is InChI=1S/C7H3BrClNO/c8-7-5(2-4-11-7)6(9)1-3-10/h1-2,4H/b6-1+. The summed E-state index contributed by atoms with van der Waals surface area (Å²) in [6.45, 7) is 0. The van der Waals surface area contributed by atoms with E-state index in [1.165, 1.54) is 12.3 Å². The lowest BCUT2D eigenvalue weighted by atomic mass is 10.3. The molecule has 0 spiro atoms.